The van der Waals surface area contributed by atoms with Crippen molar-refractivity contribution in [3.05, 3.63) is 0 Å². The Labute approximate surface area is 85.0 Å². The molecule has 7 heteroatoms. The summed E-state index contributed by atoms with van der Waals surface area (Å²) in [6, 6.07) is -0.840. The lowest BCUT2D eigenvalue weighted by Crippen LogP contribution is -2.62. The molecule has 1 atom stereocenters. The van der Waals surface area contributed by atoms with Gasteiger partial charge in [-0.1, -0.05) is 0 Å². The molecule has 0 aromatic heterocycles. The van der Waals surface area contributed by atoms with Crippen LogP contribution in [0.5, 0.6) is 0 Å². The summed E-state index contributed by atoms with van der Waals surface area (Å²) in [5.41, 5.74) is -1.71. The first kappa shape index (κ1) is 11.2. The molecule has 15 heavy (non-hydrogen) atoms. The molecule has 82 valence electrons. The molecule has 1 unspecified atom stereocenters. The lowest BCUT2D eigenvalue weighted by atomic mass is 9.83. The third-order valence-electron chi connectivity index (χ3n) is 2.31. The second kappa shape index (κ2) is 3.34. The van der Waals surface area contributed by atoms with Crippen molar-refractivity contribution < 1.29 is 24.3 Å². The second-order valence-electron chi connectivity index (χ2n) is 3.53. The summed E-state index contributed by atoms with van der Waals surface area (Å²) in [6.07, 6.45) is -0.644. The highest BCUT2D eigenvalue weighted by atomic mass is 16.4. The summed E-state index contributed by atoms with van der Waals surface area (Å²) in [6.45, 7) is 1.20. The van der Waals surface area contributed by atoms with Gasteiger partial charge in [0.15, 0.2) is 0 Å². The van der Waals surface area contributed by atoms with E-state index in [1.165, 1.54) is 14.0 Å². The van der Waals surface area contributed by atoms with Crippen LogP contribution in [-0.4, -0.2) is 40.9 Å². The van der Waals surface area contributed by atoms with Crippen LogP contribution in [0, 0.1) is 5.41 Å². The number of amides is 4. The van der Waals surface area contributed by atoms with E-state index in [0.29, 0.717) is 4.90 Å². The largest absolute Gasteiger partial charge is 0.481 e. The van der Waals surface area contributed by atoms with Gasteiger partial charge >= 0.3 is 12.0 Å². The van der Waals surface area contributed by atoms with Gasteiger partial charge in [0, 0.05) is 7.05 Å². The fourth-order valence-electron chi connectivity index (χ4n) is 1.34. The van der Waals surface area contributed by atoms with E-state index in [1.807, 2.05) is 5.32 Å². The molecule has 1 saturated heterocycles. The first-order chi connectivity index (χ1) is 6.79. The third-order valence-corrected chi connectivity index (χ3v) is 2.31. The van der Waals surface area contributed by atoms with Crippen LogP contribution < -0.4 is 5.32 Å². The zero-order valence-corrected chi connectivity index (χ0v) is 8.23. The number of carboxylic acid groups (broad SMARTS) is 1. The Morgan fingerprint density at radius 2 is 2.00 bits per heavy atom. The van der Waals surface area contributed by atoms with Gasteiger partial charge in [-0.2, -0.15) is 0 Å². The van der Waals surface area contributed by atoms with Crippen LogP contribution in [0.4, 0.5) is 4.79 Å². The molecular weight excluding hydrogens is 204 g/mol. The van der Waals surface area contributed by atoms with E-state index in [9.17, 15) is 19.2 Å². The average Bonchev–Trinajstić information content (AvgIpc) is 2.11. The molecule has 0 radical (unpaired) electrons. The highest BCUT2D eigenvalue weighted by Crippen LogP contribution is 2.27. The van der Waals surface area contributed by atoms with Gasteiger partial charge in [0.2, 0.25) is 11.8 Å². The van der Waals surface area contributed by atoms with Gasteiger partial charge in [0.1, 0.15) is 5.41 Å². The summed E-state index contributed by atoms with van der Waals surface area (Å²) in [7, 11) is 1.18. The van der Waals surface area contributed by atoms with E-state index in [0.717, 1.165) is 0 Å². The van der Waals surface area contributed by atoms with Crippen molar-refractivity contribution in [2.45, 2.75) is 13.3 Å². The number of hydrogen-bond donors (Lipinski definition) is 2. The zero-order chi connectivity index (χ0) is 11.8. The van der Waals surface area contributed by atoms with Gasteiger partial charge in [0.25, 0.3) is 0 Å². The molecule has 1 rings (SSSR count). The van der Waals surface area contributed by atoms with E-state index in [4.69, 9.17) is 5.11 Å². The van der Waals surface area contributed by atoms with E-state index in [2.05, 4.69) is 0 Å². The van der Waals surface area contributed by atoms with Gasteiger partial charge in [0.05, 0.1) is 6.42 Å². The molecule has 1 heterocycles. The maximum atomic E-state index is 11.6. The quantitative estimate of drug-likeness (QED) is 0.584. The minimum atomic E-state index is -1.71. The van der Waals surface area contributed by atoms with Gasteiger partial charge in [-0.3, -0.25) is 24.6 Å². The van der Waals surface area contributed by atoms with Crippen LogP contribution >= 0.6 is 0 Å². The van der Waals surface area contributed by atoms with Crippen molar-refractivity contribution >= 4 is 23.8 Å². The van der Waals surface area contributed by atoms with Crippen LogP contribution in [0.1, 0.15) is 13.3 Å². The number of carboxylic acids is 1. The molecule has 0 spiro atoms. The fourth-order valence-corrected chi connectivity index (χ4v) is 1.34. The first-order valence-electron chi connectivity index (χ1n) is 4.14. The maximum Gasteiger partial charge on any atom is 0.330 e. The number of rotatable bonds is 2. The number of imide groups is 2. The summed E-state index contributed by atoms with van der Waals surface area (Å²) in [4.78, 5) is 45.2. The van der Waals surface area contributed by atoms with E-state index < -0.39 is 35.7 Å². The van der Waals surface area contributed by atoms with Crippen LogP contribution in [0.15, 0.2) is 0 Å². The Morgan fingerprint density at radius 1 is 1.47 bits per heavy atom. The molecule has 4 amide bonds. The third kappa shape index (κ3) is 1.67. The molecule has 2 N–H and O–H groups in total. The number of nitrogens with one attached hydrogen (secondary N) is 1. The van der Waals surface area contributed by atoms with E-state index >= 15 is 0 Å². The minimum Gasteiger partial charge on any atom is -0.481 e. The van der Waals surface area contributed by atoms with Crippen LogP contribution in [-0.2, 0) is 14.4 Å². The minimum absolute atomic E-state index is 0.644. The maximum absolute atomic E-state index is 11.6. The van der Waals surface area contributed by atoms with Crippen molar-refractivity contribution in [2.24, 2.45) is 5.41 Å². The molecule has 0 aromatic rings. The summed E-state index contributed by atoms with van der Waals surface area (Å²) >= 11 is 0. The zero-order valence-electron chi connectivity index (χ0n) is 8.23. The Morgan fingerprint density at radius 3 is 2.47 bits per heavy atom. The molecule has 1 aliphatic heterocycles. The predicted molar refractivity (Wildman–Crippen MR) is 46.7 cm³/mol. The van der Waals surface area contributed by atoms with E-state index in [1.54, 1.807) is 0 Å². The van der Waals surface area contributed by atoms with E-state index in [-0.39, 0.29) is 0 Å². The number of nitrogens with zero attached hydrogens (tertiary/aromatic N) is 1. The molecular formula is C8H10N2O5. The molecule has 0 bridgehead atoms. The number of hydrogen-bond acceptors (Lipinski definition) is 4. The molecule has 7 nitrogen and oxygen atoms in total. The van der Waals surface area contributed by atoms with Crippen molar-refractivity contribution in [3.8, 4) is 0 Å². The van der Waals surface area contributed by atoms with Crippen molar-refractivity contribution in [2.75, 3.05) is 7.05 Å². The predicted octanol–water partition coefficient (Wildman–Crippen LogP) is -0.824. The van der Waals surface area contributed by atoms with Gasteiger partial charge in [-0.05, 0) is 6.92 Å². The molecule has 0 saturated carbocycles. The summed E-state index contributed by atoms with van der Waals surface area (Å²) < 4.78 is 0. The molecule has 0 aliphatic carbocycles. The number of urea groups is 1. The lowest BCUT2D eigenvalue weighted by molar-refractivity contribution is -0.156. The van der Waals surface area contributed by atoms with Crippen LogP contribution in [0.25, 0.3) is 0 Å². The Balaban J connectivity index is 3.06. The fraction of sp³-hybridized carbons (Fsp3) is 0.500. The number of barbiturate groups is 1. The lowest BCUT2D eigenvalue weighted by Gasteiger charge is -2.33. The smallest absolute Gasteiger partial charge is 0.330 e. The normalized spacial score (nSPS) is 26.5. The van der Waals surface area contributed by atoms with Crippen molar-refractivity contribution in [1.82, 2.24) is 10.2 Å². The monoisotopic (exact) mass is 214 g/mol. The molecule has 1 aliphatic rings. The topological polar surface area (TPSA) is 104 Å². The second-order valence-corrected chi connectivity index (χ2v) is 3.53. The SMILES string of the molecule is CN1C(=O)NC(=O)C(C)(CC(=O)O)C1=O. The highest BCUT2D eigenvalue weighted by molar-refractivity contribution is 6.19. The number of carbonyl (C=O) groups is 4. The van der Waals surface area contributed by atoms with Crippen LogP contribution in [0.3, 0.4) is 0 Å². The molecule has 1 fully saturated rings. The van der Waals surface area contributed by atoms with Crippen molar-refractivity contribution in [1.29, 1.82) is 0 Å². The van der Waals surface area contributed by atoms with Gasteiger partial charge < -0.3 is 5.11 Å². The van der Waals surface area contributed by atoms with Crippen molar-refractivity contribution in [3.63, 3.8) is 0 Å². The standard InChI is InChI=1S/C8H10N2O5/c1-8(3-4(11)12)5(13)9-7(15)10(2)6(8)14/h3H2,1-2H3,(H,11,12)(H,9,13,15). The highest BCUT2D eigenvalue weighted by Gasteiger charge is 2.50. The van der Waals surface area contributed by atoms with Gasteiger partial charge in [-0.15, -0.1) is 0 Å². The number of carbonyl (C=O) groups excluding carboxylic acids is 3. The van der Waals surface area contributed by atoms with Gasteiger partial charge in [-0.25, -0.2) is 4.79 Å². The number of aliphatic carboxylic acids is 1. The Bertz CT molecular complexity index is 364. The molecule has 0 aromatic carbocycles. The first-order valence-corrected chi connectivity index (χ1v) is 4.14. The Hall–Kier alpha value is -1.92. The Kier molecular flexibility index (Phi) is 2.48. The summed E-state index contributed by atoms with van der Waals surface area (Å²) in [5, 5.41) is 10.5. The summed E-state index contributed by atoms with van der Waals surface area (Å²) in [5.74, 6) is -2.96. The van der Waals surface area contributed by atoms with Crippen LogP contribution in [0.2, 0.25) is 0 Å². The average molecular weight is 214 g/mol.